The van der Waals surface area contributed by atoms with Crippen molar-refractivity contribution < 1.29 is 45.7 Å². The molecule has 1 unspecified atom stereocenters. The van der Waals surface area contributed by atoms with Crippen LogP contribution >= 0.6 is 0 Å². The predicted molar refractivity (Wildman–Crippen MR) is 150 cm³/mol. The van der Waals surface area contributed by atoms with Crippen molar-refractivity contribution in [2.45, 2.75) is 62.3 Å². The van der Waals surface area contributed by atoms with Crippen molar-refractivity contribution >= 4 is 6.09 Å². The van der Waals surface area contributed by atoms with E-state index in [0.29, 0.717) is 24.1 Å². The topological polar surface area (TPSA) is 85.0 Å². The van der Waals surface area contributed by atoms with E-state index in [-0.39, 0.29) is 50.8 Å². The Morgan fingerprint density at radius 1 is 0.932 bits per heavy atom. The molecule has 3 aromatic carbocycles. The number of aliphatic hydroxyl groups is 1. The number of rotatable bonds is 9. The second kappa shape index (κ2) is 13.2. The first kappa shape index (κ1) is 33.3. The summed E-state index contributed by atoms with van der Waals surface area (Å²) in [6.45, 7) is 0.738. The molecule has 0 aliphatic carbocycles. The number of amides is 1. The molecule has 0 aromatic heterocycles. The summed E-state index contributed by atoms with van der Waals surface area (Å²) < 4.78 is 92.9. The van der Waals surface area contributed by atoms with Crippen LogP contribution in [0.25, 0.3) is 0 Å². The van der Waals surface area contributed by atoms with Crippen molar-refractivity contribution in [1.29, 1.82) is 0 Å². The van der Waals surface area contributed by atoms with Crippen LogP contribution in [0.5, 0.6) is 0 Å². The van der Waals surface area contributed by atoms with Crippen molar-refractivity contribution in [1.82, 2.24) is 4.90 Å². The maximum atomic E-state index is 13.8. The number of hydrogen-bond acceptors (Lipinski definition) is 5. The SMILES string of the molecule is C[C@@H](OC[C@@]1(c2ccccc2)CCC(N)(CCO)CN1C(=O)OCc1ccccc1)c1cc(C(F)(F)F)cc(C(F)(F)F)c1. The van der Waals surface area contributed by atoms with E-state index >= 15 is 0 Å². The molecular weight excluding hydrogens is 590 g/mol. The molecule has 0 spiro atoms. The van der Waals surface area contributed by atoms with Gasteiger partial charge in [0.05, 0.1) is 29.4 Å². The number of nitrogens with zero attached hydrogens (tertiary/aromatic N) is 1. The van der Waals surface area contributed by atoms with E-state index in [1.54, 1.807) is 54.6 Å². The van der Waals surface area contributed by atoms with Gasteiger partial charge in [-0.25, -0.2) is 4.79 Å². The Kier molecular flexibility index (Phi) is 9.96. The van der Waals surface area contributed by atoms with Crippen LogP contribution in [0.1, 0.15) is 60.1 Å². The molecule has 3 N–H and O–H groups in total. The molecule has 1 aliphatic heterocycles. The normalized spacial score (nSPS) is 21.6. The van der Waals surface area contributed by atoms with Crippen LogP contribution in [0.3, 0.4) is 0 Å². The van der Waals surface area contributed by atoms with Crippen LogP contribution in [-0.2, 0) is 34.0 Å². The van der Waals surface area contributed by atoms with Crippen molar-refractivity contribution in [3.8, 4) is 0 Å². The largest absolute Gasteiger partial charge is 0.445 e. The fourth-order valence-electron chi connectivity index (χ4n) is 5.45. The maximum absolute atomic E-state index is 13.8. The molecule has 0 radical (unpaired) electrons. The van der Waals surface area contributed by atoms with E-state index in [0.717, 1.165) is 5.56 Å². The zero-order valence-electron chi connectivity index (χ0n) is 24.0. The molecule has 4 rings (SSSR count). The minimum absolute atomic E-state index is 0.0460. The van der Waals surface area contributed by atoms with Crippen LogP contribution in [0, 0.1) is 0 Å². The molecule has 1 aliphatic rings. The summed E-state index contributed by atoms with van der Waals surface area (Å²) in [7, 11) is 0. The average molecular weight is 625 g/mol. The third kappa shape index (κ3) is 7.72. The van der Waals surface area contributed by atoms with Crippen LogP contribution < -0.4 is 5.73 Å². The number of hydrogen-bond donors (Lipinski definition) is 2. The number of alkyl halides is 6. The summed E-state index contributed by atoms with van der Waals surface area (Å²) in [5.74, 6) is 0. The summed E-state index contributed by atoms with van der Waals surface area (Å²) in [6.07, 6.45) is -11.2. The molecule has 12 heteroatoms. The minimum Gasteiger partial charge on any atom is -0.445 e. The molecule has 0 bridgehead atoms. The highest BCUT2D eigenvalue weighted by Crippen LogP contribution is 2.44. The first-order valence-corrected chi connectivity index (χ1v) is 14.0. The Morgan fingerprint density at radius 2 is 1.50 bits per heavy atom. The Morgan fingerprint density at radius 3 is 2.05 bits per heavy atom. The number of benzene rings is 3. The number of piperidine rings is 1. The quantitative estimate of drug-likeness (QED) is 0.246. The number of likely N-dealkylation sites (tertiary alicyclic amines) is 1. The number of halogens is 6. The van der Waals surface area contributed by atoms with Gasteiger partial charge in [0.1, 0.15) is 6.61 Å². The zero-order valence-corrected chi connectivity index (χ0v) is 24.0. The smallest absolute Gasteiger partial charge is 0.416 e. The van der Waals surface area contributed by atoms with Gasteiger partial charge in [-0.05, 0) is 61.1 Å². The van der Waals surface area contributed by atoms with Crippen LogP contribution in [0.15, 0.2) is 78.9 Å². The van der Waals surface area contributed by atoms with E-state index < -0.39 is 46.8 Å². The molecule has 0 saturated carbocycles. The highest BCUT2D eigenvalue weighted by Gasteiger charge is 2.50. The maximum Gasteiger partial charge on any atom is 0.416 e. The van der Waals surface area contributed by atoms with Gasteiger partial charge >= 0.3 is 18.4 Å². The van der Waals surface area contributed by atoms with Gasteiger partial charge in [0.15, 0.2) is 0 Å². The Labute approximate surface area is 251 Å². The average Bonchev–Trinajstić information content (AvgIpc) is 2.99. The Hall–Kier alpha value is -3.61. The van der Waals surface area contributed by atoms with Gasteiger partial charge in [0, 0.05) is 18.7 Å². The van der Waals surface area contributed by atoms with Crippen molar-refractivity contribution in [2.75, 3.05) is 19.8 Å². The van der Waals surface area contributed by atoms with Crippen LogP contribution in [0.2, 0.25) is 0 Å². The summed E-state index contributed by atoms with van der Waals surface area (Å²) in [5, 5.41) is 9.67. The van der Waals surface area contributed by atoms with Gasteiger partial charge in [-0.15, -0.1) is 0 Å². The monoisotopic (exact) mass is 624 g/mol. The molecule has 6 nitrogen and oxygen atoms in total. The van der Waals surface area contributed by atoms with Crippen LogP contribution in [0.4, 0.5) is 31.1 Å². The summed E-state index contributed by atoms with van der Waals surface area (Å²) in [5.41, 5.74) is 2.52. The van der Waals surface area contributed by atoms with Gasteiger partial charge < -0.3 is 20.3 Å². The fraction of sp³-hybridized carbons (Fsp3) is 0.406. The molecule has 1 amide bonds. The standard InChI is InChI=1S/C32H34F6N2O4/c1-22(24-16-26(31(33,34)35)18-27(17-24)32(36,37)38)44-21-30(25-10-6-3-7-11-25)13-12-29(39,14-15-41)20-40(30)28(42)43-19-23-8-4-2-5-9-23/h2-11,16-18,22,41H,12-15,19-21,39H2,1H3/t22-,29?,30-/m1/s1. The lowest BCUT2D eigenvalue weighted by atomic mass is 9.74. The van der Waals surface area contributed by atoms with Crippen LogP contribution in [-0.4, -0.2) is 41.4 Å². The number of aliphatic hydroxyl groups excluding tert-OH is 1. The summed E-state index contributed by atoms with van der Waals surface area (Å²) in [4.78, 5) is 15.2. The molecule has 238 valence electrons. The summed E-state index contributed by atoms with van der Waals surface area (Å²) >= 11 is 0. The second-order valence-corrected chi connectivity index (χ2v) is 11.2. The van der Waals surface area contributed by atoms with E-state index in [1.165, 1.54) is 11.8 Å². The highest BCUT2D eigenvalue weighted by atomic mass is 19.4. The van der Waals surface area contributed by atoms with E-state index in [4.69, 9.17) is 15.2 Å². The van der Waals surface area contributed by atoms with E-state index in [2.05, 4.69) is 0 Å². The number of carbonyl (C=O) groups excluding carboxylic acids is 1. The first-order chi connectivity index (χ1) is 20.7. The fourth-order valence-corrected chi connectivity index (χ4v) is 5.45. The minimum atomic E-state index is -5.01. The van der Waals surface area contributed by atoms with E-state index in [9.17, 15) is 36.2 Å². The lowest BCUT2D eigenvalue weighted by molar-refractivity contribution is -0.143. The second-order valence-electron chi connectivity index (χ2n) is 11.2. The van der Waals surface area contributed by atoms with E-state index in [1.807, 2.05) is 6.07 Å². The molecule has 1 heterocycles. The van der Waals surface area contributed by atoms with Gasteiger partial charge in [-0.2, -0.15) is 26.3 Å². The molecule has 3 aromatic rings. The number of nitrogens with two attached hydrogens (primary N) is 1. The molecule has 44 heavy (non-hydrogen) atoms. The Balaban J connectivity index is 1.70. The van der Waals surface area contributed by atoms with Crippen molar-refractivity contribution in [3.05, 3.63) is 107 Å². The third-order valence-electron chi connectivity index (χ3n) is 8.02. The van der Waals surface area contributed by atoms with Crippen molar-refractivity contribution in [2.24, 2.45) is 5.73 Å². The van der Waals surface area contributed by atoms with Gasteiger partial charge in [-0.1, -0.05) is 60.7 Å². The third-order valence-corrected chi connectivity index (χ3v) is 8.02. The van der Waals surface area contributed by atoms with Gasteiger partial charge in [0.25, 0.3) is 0 Å². The van der Waals surface area contributed by atoms with Gasteiger partial charge in [0.2, 0.25) is 0 Å². The van der Waals surface area contributed by atoms with Crippen molar-refractivity contribution in [3.63, 3.8) is 0 Å². The Bertz CT molecular complexity index is 1370. The first-order valence-electron chi connectivity index (χ1n) is 14.0. The highest BCUT2D eigenvalue weighted by molar-refractivity contribution is 5.70. The zero-order chi connectivity index (χ0) is 32.2. The summed E-state index contributed by atoms with van der Waals surface area (Å²) in [6, 6.07) is 19.1. The molecule has 1 saturated heterocycles. The molecule has 3 atom stereocenters. The predicted octanol–water partition coefficient (Wildman–Crippen LogP) is 7.21. The van der Waals surface area contributed by atoms with Gasteiger partial charge in [-0.3, -0.25) is 4.90 Å². The lowest BCUT2D eigenvalue weighted by Gasteiger charge is -2.52. The molecule has 1 fully saturated rings. The number of carbonyl (C=O) groups is 1. The molecular formula is C32H34F6N2O4. The number of ether oxygens (including phenoxy) is 2. The lowest BCUT2D eigenvalue weighted by Crippen LogP contribution is -2.65.